The highest BCUT2D eigenvalue weighted by Crippen LogP contribution is 2.69. The third-order valence-electron chi connectivity index (χ3n) is 4.36. The minimum Gasteiger partial charge on any atom is -0.394 e. The fourth-order valence-electron chi connectivity index (χ4n) is 3.47. The Morgan fingerprint density at radius 1 is 1.33 bits per heavy atom. The summed E-state index contributed by atoms with van der Waals surface area (Å²) in [4.78, 5) is 1.73. The summed E-state index contributed by atoms with van der Waals surface area (Å²) in [6, 6.07) is 0. The molecule has 3 fully saturated rings. The largest absolute Gasteiger partial charge is 0.394 e. The van der Waals surface area contributed by atoms with Gasteiger partial charge in [0.05, 0.1) is 12.0 Å². The second-order valence-electron chi connectivity index (χ2n) is 5.40. The van der Waals surface area contributed by atoms with Gasteiger partial charge in [-0.2, -0.15) is 0 Å². The van der Waals surface area contributed by atoms with Crippen LogP contribution < -0.4 is 0 Å². The van der Waals surface area contributed by atoms with Crippen molar-refractivity contribution < 1.29 is 18.3 Å². The van der Waals surface area contributed by atoms with Gasteiger partial charge in [0.15, 0.2) is 0 Å². The number of alkyl halides is 3. The minimum absolute atomic E-state index is 0.0881. The molecule has 2 saturated heterocycles. The highest BCUT2D eigenvalue weighted by atomic mass is 19.3. The van der Waals surface area contributed by atoms with Gasteiger partial charge < -0.3 is 5.11 Å². The molecule has 3 rings (SSSR count). The van der Waals surface area contributed by atoms with Gasteiger partial charge in [0.25, 0.3) is 5.92 Å². The number of hydrogen-bond donors (Lipinski definition) is 1. The van der Waals surface area contributed by atoms with E-state index in [0.29, 0.717) is 0 Å². The van der Waals surface area contributed by atoms with Gasteiger partial charge >= 0.3 is 0 Å². The van der Waals surface area contributed by atoms with Gasteiger partial charge in [0.1, 0.15) is 6.17 Å². The van der Waals surface area contributed by atoms with E-state index in [9.17, 15) is 18.3 Å². The van der Waals surface area contributed by atoms with Crippen molar-refractivity contribution in [3.8, 4) is 0 Å². The van der Waals surface area contributed by atoms with Crippen molar-refractivity contribution in [2.45, 2.75) is 36.9 Å². The maximum Gasteiger partial charge on any atom is 0.255 e. The van der Waals surface area contributed by atoms with Crippen molar-refractivity contribution >= 4 is 0 Å². The van der Waals surface area contributed by atoms with Crippen LogP contribution in [0.4, 0.5) is 13.2 Å². The van der Waals surface area contributed by atoms with Gasteiger partial charge in [0, 0.05) is 31.5 Å². The van der Waals surface area contributed by atoms with Crippen LogP contribution >= 0.6 is 0 Å². The summed E-state index contributed by atoms with van der Waals surface area (Å²) < 4.78 is 39.6. The van der Waals surface area contributed by atoms with E-state index < -0.39 is 23.0 Å². The Bertz CT molecular complexity index is 311. The number of hydrogen-bond acceptors (Lipinski definition) is 2. The summed E-state index contributed by atoms with van der Waals surface area (Å²) in [7, 11) is 0. The monoisotopic (exact) mass is 221 g/mol. The molecule has 86 valence electrons. The third kappa shape index (κ3) is 1.08. The van der Waals surface area contributed by atoms with E-state index in [1.54, 1.807) is 4.90 Å². The lowest BCUT2D eigenvalue weighted by molar-refractivity contribution is 0.0630. The van der Waals surface area contributed by atoms with Gasteiger partial charge in [-0.25, -0.2) is 13.2 Å². The van der Waals surface area contributed by atoms with E-state index in [-0.39, 0.29) is 39.0 Å². The molecule has 3 atom stereocenters. The summed E-state index contributed by atoms with van der Waals surface area (Å²) in [6.45, 7) is 0.255. The van der Waals surface area contributed by atoms with Gasteiger partial charge in [-0.3, -0.25) is 4.90 Å². The average Bonchev–Trinajstić information content (AvgIpc) is 2.38. The van der Waals surface area contributed by atoms with E-state index in [1.807, 2.05) is 0 Å². The smallest absolute Gasteiger partial charge is 0.255 e. The fraction of sp³-hybridized carbons (Fsp3) is 1.00. The predicted molar refractivity (Wildman–Crippen MR) is 47.5 cm³/mol. The molecule has 0 aromatic heterocycles. The molecule has 3 aliphatic rings. The Morgan fingerprint density at radius 2 is 2.00 bits per heavy atom. The van der Waals surface area contributed by atoms with E-state index in [0.717, 1.165) is 0 Å². The summed E-state index contributed by atoms with van der Waals surface area (Å²) in [5.41, 5.74) is -1.64. The number of halogens is 3. The zero-order valence-electron chi connectivity index (χ0n) is 8.35. The molecule has 1 aliphatic carbocycles. The first-order chi connectivity index (χ1) is 6.93. The van der Waals surface area contributed by atoms with Crippen molar-refractivity contribution in [2.24, 2.45) is 5.41 Å². The molecule has 5 heteroatoms. The SMILES string of the molecule is OC[C@@]12C[C@@H](F)CN1C[C@]1(CC1(F)F)C2. The van der Waals surface area contributed by atoms with Crippen molar-refractivity contribution in [1.29, 1.82) is 0 Å². The van der Waals surface area contributed by atoms with E-state index >= 15 is 0 Å². The number of aliphatic hydroxyl groups excluding tert-OH is 1. The van der Waals surface area contributed by atoms with Gasteiger partial charge in [-0.15, -0.1) is 0 Å². The van der Waals surface area contributed by atoms with E-state index in [4.69, 9.17) is 0 Å². The zero-order valence-corrected chi connectivity index (χ0v) is 8.35. The first kappa shape index (κ1) is 9.90. The first-order valence-corrected chi connectivity index (χ1v) is 5.31. The molecule has 0 unspecified atom stereocenters. The minimum atomic E-state index is -2.59. The Hall–Kier alpha value is -0.290. The molecule has 2 nitrogen and oxygen atoms in total. The van der Waals surface area contributed by atoms with Crippen molar-refractivity contribution in [3.05, 3.63) is 0 Å². The van der Waals surface area contributed by atoms with Crippen LogP contribution in [0.25, 0.3) is 0 Å². The lowest BCUT2D eigenvalue weighted by Crippen LogP contribution is -2.41. The second-order valence-corrected chi connectivity index (χ2v) is 5.40. The van der Waals surface area contributed by atoms with Crippen LogP contribution in [0.1, 0.15) is 19.3 Å². The van der Waals surface area contributed by atoms with E-state index in [2.05, 4.69) is 0 Å². The average molecular weight is 221 g/mol. The molecule has 1 N–H and O–H groups in total. The maximum atomic E-state index is 13.2. The summed E-state index contributed by atoms with van der Waals surface area (Å²) in [5.74, 6) is -2.59. The van der Waals surface area contributed by atoms with Crippen LogP contribution in [0, 0.1) is 5.41 Å². The van der Waals surface area contributed by atoms with Crippen molar-refractivity contribution in [2.75, 3.05) is 19.7 Å². The number of nitrogens with zero attached hydrogens (tertiary/aromatic N) is 1. The quantitative estimate of drug-likeness (QED) is 0.719. The highest BCUT2D eigenvalue weighted by Gasteiger charge is 2.77. The lowest BCUT2D eigenvalue weighted by Gasteiger charge is -2.28. The highest BCUT2D eigenvalue weighted by molar-refractivity contribution is 5.22. The van der Waals surface area contributed by atoms with Crippen LogP contribution in [-0.2, 0) is 0 Å². The molecule has 0 aromatic carbocycles. The van der Waals surface area contributed by atoms with Crippen LogP contribution in [-0.4, -0.2) is 47.3 Å². The van der Waals surface area contributed by atoms with Crippen LogP contribution in [0.5, 0.6) is 0 Å². The Morgan fingerprint density at radius 3 is 2.47 bits per heavy atom. The molecular formula is C10H14F3NO. The predicted octanol–water partition coefficient (Wildman–Crippen LogP) is 1.19. The maximum absolute atomic E-state index is 13.2. The summed E-state index contributed by atoms with van der Waals surface area (Å²) >= 11 is 0. The van der Waals surface area contributed by atoms with Crippen molar-refractivity contribution in [3.63, 3.8) is 0 Å². The molecule has 2 heterocycles. The van der Waals surface area contributed by atoms with Crippen molar-refractivity contribution in [1.82, 2.24) is 4.90 Å². The standard InChI is InChI=1S/C10H14F3NO/c11-7-1-9(6-15)3-8(4-10(8,12)13)5-14(9)2-7/h7,15H,1-6H2/t7-,8-,9+/m1/s1. The molecule has 0 aromatic rings. The van der Waals surface area contributed by atoms with Gasteiger partial charge in [-0.05, 0) is 6.42 Å². The molecule has 0 radical (unpaired) electrons. The normalized spacial score (nSPS) is 52.4. The summed E-state index contributed by atoms with van der Waals surface area (Å²) in [5, 5.41) is 9.32. The Labute approximate surface area is 86.1 Å². The second kappa shape index (κ2) is 2.51. The van der Waals surface area contributed by atoms with E-state index in [1.165, 1.54) is 0 Å². The lowest BCUT2D eigenvalue weighted by atomic mass is 9.88. The van der Waals surface area contributed by atoms with Crippen LogP contribution in [0.15, 0.2) is 0 Å². The number of aliphatic hydroxyl groups is 1. The summed E-state index contributed by atoms with van der Waals surface area (Å²) in [6.07, 6.45) is -0.595. The molecule has 1 spiro atoms. The number of rotatable bonds is 1. The molecule has 15 heavy (non-hydrogen) atoms. The topological polar surface area (TPSA) is 23.5 Å². The first-order valence-electron chi connectivity index (χ1n) is 5.31. The zero-order chi connectivity index (χ0) is 10.9. The molecule has 0 bridgehead atoms. The van der Waals surface area contributed by atoms with Gasteiger partial charge in [-0.1, -0.05) is 0 Å². The molecule has 2 aliphatic heterocycles. The van der Waals surface area contributed by atoms with Crippen LogP contribution in [0.2, 0.25) is 0 Å². The van der Waals surface area contributed by atoms with Crippen LogP contribution in [0.3, 0.4) is 0 Å². The molecule has 1 saturated carbocycles. The number of fused-ring (bicyclic) bond motifs is 1. The third-order valence-corrected chi connectivity index (χ3v) is 4.36. The van der Waals surface area contributed by atoms with Gasteiger partial charge in [0.2, 0.25) is 0 Å². The Balaban J connectivity index is 1.86. The fourth-order valence-corrected chi connectivity index (χ4v) is 3.47. The Kier molecular flexibility index (Phi) is 1.66. The molecular weight excluding hydrogens is 207 g/mol. The molecule has 0 amide bonds.